The fraction of sp³-hybridized carbons (Fsp3) is 0.455. The summed E-state index contributed by atoms with van der Waals surface area (Å²) in [6, 6.07) is 3.07. The molecule has 0 spiro atoms. The Balaban J connectivity index is 2.14. The number of rotatable bonds is 1. The summed E-state index contributed by atoms with van der Waals surface area (Å²) in [6.45, 7) is 1.40. The standard InChI is InChI=1S/C11H13FN2OS/c12-10-9(3-1-4-13-10)11(15)14-5-2-7-16-8-6-14/h1,3-4H,2,5-8H2. The van der Waals surface area contributed by atoms with Crippen LogP contribution in [0.2, 0.25) is 0 Å². The first-order valence-electron chi connectivity index (χ1n) is 5.26. The molecule has 1 amide bonds. The van der Waals surface area contributed by atoms with Crippen LogP contribution in [-0.2, 0) is 0 Å². The first-order valence-corrected chi connectivity index (χ1v) is 6.42. The fourth-order valence-corrected chi connectivity index (χ4v) is 2.55. The van der Waals surface area contributed by atoms with Gasteiger partial charge < -0.3 is 4.90 Å². The minimum absolute atomic E-state index is 0.0781. The third kappa shape index (κ3) is 2.52. The maximum atomic E-state index is 13.3. The number of pyridine rings is 1. The van der Waals surface area contributed by atoms with Gasteiger partial charge in [0.25, 0.3) is 5.91 Å². The molecule has 2 heterocycles. The summed E-state index contributed by atoms with van der Waals surface area (Å²) in [6.07, 6.45) is 2.32. The van der Waals surface area contributed by atoms with Crippen molar-refractivity contribution in [2.24, 2.45) is 0 Å². The molecule has 1 aliphatic heterocycles. The molecule has 0 aliphatic carbocycles. The second kappa shape index (κ2) is 5.30. The molecule has 3 nitrogen and oxygen atoms in total. The van der Waals surface area contributed by atoms with Crippen molar-refractivity contribution in [3.63, 3.8) is 0 Å². The smallest absolute Gasteiger partial charge is 0.258 e. The van der Waals surface area contributed by atoms with E-state index < -0.39 is 5.95 Å². The van der Waals surface area contributed by atoms with Gasteiger partial charge in [-0.15, -0.1) is 0 Å². The molecule has 0 atom stereocenters. The molecule has 0 bridgehead atoms. The van der Waals surface area contributed by atoms with Crippen LogP contribution in [0.5, 0.6) is 0 Å². The zero-order chi connectivity index (χ0) is 11.4. The van der Waals surface area contributed by atoms with E-state index in [1.54, 1.807) is 11.0 Å². The van der Waals surface area contributed by atoms with E-state index in [9.17, 15) is 9.18 Å². The molecule has 1 fully saturated rings. The molecule has 0 saturated carbocycles. The number of nitrogens with zero attached hydrogens (tertiary/aromatic N) is 2. The first-order chi connectivity index (χ1) is 7.79. The Bertz CT molecular complexity index is 378. The van der Waals surface area contributed by atoms with E-state index in [1.165, 1.54) is 12.3 Å². The number of carbonyl (C=O) groups is 1. The van der Waals surface area contributed by atoms with Gasteiger partial charge in [0.15, 0.2) is 0 Å². The molecule has 0 unspecified atom stereocenters. The Morgan fingerprint density at radius 3 is 3.12 bits per heavy atom. The lowest BCUT2D eigenvalue weighted by Gasteiger charge is -2.19. The van der Waals surface area contributed by atoms with Gasteiger partial charge >= 0.3 is 0 Å². The van der Waals surface area contributed by atoms with Crippen molar-refractivity contribution in [3.8, 4) is 0 Å². The van der Waals surface area contributed by atoms with Crippen molar-refractivity contribution >= 4 is 17.7 Å². The number of hydrogen-bond donors (Lipinski definition) is 0. The summed E-state index contributed by atoms with van der Waals surface area (Å²) < 4.78 is 13.3. The van der Waals surface area contributed by atoms with Crippen LogP contribution in [0.25, 0.3) is 0 Å². The average Bonchev–Trinajstić information content (AvgIpc) is 2.57. The summed E-state index contributed by atoms with van der Waals surface area (Å²) in [5, 5.41) is 0. The third-order valence-corrected chi connectivity index (χ3v) is 3.55. The number of carbonyl (C=O) groups excluding carboxylic acids is 1. The number of hydrogen-bond acceptors (Lipinski definition) is 3. The highest BCUT2D eigenvalue weighted by atomic mass is 32.2. The summed E-state index contributed by atoms with van der Waals surface area (Å²) in [5.74, 6) is 1.07. The lowest BCUT2D eigenvalue weighted by molar-refractivity contribution is 0.0763. The lowest BCUT2D eigenvalue weighted by Crippen LogP contribution is -2.33. The van der Waals surface area contributed by atoms with E-state index in [0.29, 0.717) is 13.1 Å². The second-order valence-corrected chi connectivity index (χ2v) is 4.82. The van der Waals surface area contributed by atoms with Crippen molar-refractivity contribution in [3.05, 3.63) is 29.8 Å². The Morgan fingerprint density at radius 1 is 1.44 bits per heavy atom. The molecular formula is C11H13FN2OS. The predicted octanol–water partition coefficient (Wildman–Crippen LogP) is 1.80. The molecule has 0 N–H and O–H groups in total. The van der Waals surface area contributed by atoms with E-state index in [2.05, 4.69) is 4.98 Å². The van der Waals surface area contributed by atoms with Gasteiger partial charge in [-0.25, -0.2) is 4.98 Å². The van der Waals surface area contributed by atoms with Gasteiger partial charge in [0, 0.05) is 25.0 Å². The number of amides is 1. The highest BCUT2D eigenvalue weighted by Gasteiger charge is 2.20. The minimum Gasteiger partial charge on any atom is -0.338 e. The molecule has 1 saturated heterocycles. The predicted molar refractivity (Wildman–Crippen MR) is 62.0 cm³/mol. The van der Waals surface area contributed by atoms with Crippen LogP contribution in [0.4, 0.5) is 4.39 Å². The van der Waals surface area contributed by atoms with Gasteiger partial charge in [-0.1, -0.05) is 0 Å². The minimum atomic E-state index is -0.676. The van der Waals surface area contributed by atoms with Crippen LogP contribution in [-0.4, -0.2) is 40.4 Å². The Morgan fingerprint density at radius 2 is 2.31 bits per heavy atom. The summed E-state index contributed by atoms with van der Waals surface area (Å²) >= 11 is 1.83. The zero-order valence-electron chi connectivity index (χ0n) is 8.86. The number of thioether (sulfide) groups is 1. The lowest BCUT2D eigenvalue weighted by atomic mass is 10.2. The summed E-state index contributed by atoms with van der Waals surface area (Å²) in [5.41, 5.74) is 0.0781. The van der Waals surface area contributed by atoms with Crippen molar-refractivity contribution in [2.75, 3.05) is 24.6 Å². The SMILES string of the molecule is O=C(c1cccnc1F)N1CCCSCC1. The quantitative estimate of drug-likeness (QED) is 0.702. The molecule has 0 aromatic carbocycles. The van der Waals surface area contributed by atoms with Crippen molar-refractivity contribution in [1.82, 2.24) is 9.88 Å². The molecule has 16 heavy (non-hydrogen) atoms. The van der Waals surface area contributed by atoms with E-state index >= 15 is 0 Å². The third-order valence-electron chi connectivity index (χ3n) is 2.50. The zero-order valence-corrected chi connectivity index (χ0v) is 9.67. The Labute approximate surface area is 98.0 Å². The highest BCUT2D eigenvalue weighted by molar-refractivity contribution is 7.99. The Hall–Kier alpha value is -1.10. The molecule has 5 heteroatoms. The topological polar surface area (TPSA) is 33.2 Å². The number of halogens is 1. The van der Waals surface area contributed by atoms with Gasteiger partial charge in [-0.2, -0.15) is 16.2 Å². The van der Waals surface area contributed by atoms with Gasteiger partial charge in [-0.05, 0) is 24.3 Å². The molecule has 1 aromatic rings. The van der Waals surface area contributed by atoms with Crippen LogP contribution in [0, 0.1) is 5.95 Å². The van der Waals surface area contributed by atoms with Crippen LogP contribution >= 0.6 is 11.8 Å². The summed E-state index contributed by atoms with van der Waals surface area (Å²) in [4.78, 5) is 17.2. The molecule has 1 aliphatic rings. The second-order valence-electron chi connectivity index (χ2n) is 3.60. The van der Waals surface area contributed by atoms with Crippen molar-refractivity contribution < 1.29 is 9.18 Å². The average molecular weight is 240 g/mol. The molecule has 86 valence electrons. The van der Waals surface area contributed by atoms with E-state index in [0.717, 1.165) is 17.9 Å². The first kappa shape index (κ1) is 11.4. The Kier molecular flexibility index (Phi) is 3.77. The van der Waals surface area contributed by atoms with Gasteiger partial charge in [-0.3, -0.25) is 4.79 Å². The van der Waals surface area contributed by atoms with E-state index in [-0.39, 0.29) is 11.5 Å². The van der Waals surface area contributed by atoms with Crippen LogP contribution < -0.4 is 0 Å². The molecule has 2 rings (SSSR count). The monoisotopic (exact) mass is 240 g/mol. The van der Waals surface area contributed by atoms with Gasteiger partial charge in [0.05, 0.1) is 5.56 Å². The fourth-order valence-electron chi connectivity index (χ4n) is 1.67. The van der Waals surface area contributed by atoms with Crippen LogP contribution in [0.15, 0.2) is 18.3 Å². The van der Waals surface area contributed by atoms with E-state index in [1.807, 2.05) is 11.8 Å². The maximum absolute atomic E-state index is 13.3. The van der Waals surface area contributed by atoms with Crippen molar-refractivity contribution in [1.29, 1.82) is 0 Å². The largest absolute Gasteiger partial charge is 0.338 e. The number of aromatic nitrogens is 1. The van der Waals surface area contributed by atoms with Gasteiger partial charge in [0.1, 0.15) is 0 Å². The summed E-state index contributed by atoms with van der Waals surface area (Å²) in [7, 11) is 0. The molecule has 0 radical (unpaired) electrons. The van der Waals surface area contributed by atoms with Crippen LogP contribution in [0.1, 0.15) is 16.8 Å². The van der Waals surface area contributed by atoms with E-state index in [4.69, 9.17) is 0 Å². The normalized spacial score (nSPS) is 16.9. The van der Waals surface area contributed by atoms with Crippen molar-refractivity contribution in [2.45, 2.75) is 6.42 Å². The molecule has 1 aromatic heterocycles. The van der Waals surface area contributed by atoms with Gasteiger partial charge in [0.2, 0.25) is 5.95 Å². The highest BCUT2D eigenvalue weighted by Crippen LogP contribution is 2.14. The van der Waals surface area contributed by atoms with Crippen LogP contribution in [0.3, 0.4) is 0 Å². The maximum Gasteiger partial charge on any atom is 0.258 e. The molecular weight excluding hydrogens is 227 g/mol.